The summed E-state index contributed by atoms with van der Waals surface area (Å²) in [5.74, 6) is -0.566. The van der Waals surface area contributed by atoms with Crippen molar-refractivity contribution >= 4 is 11.6 Å². The normalized spacial score (nSPS) is 10.6. The van der Waals surface area contributed by atoms with Gasteiger partial charge in [0, 0.05) is 19.3 Å². The van der Waals surface area contributed by atoms with Gasteiger partial charge in [0.15, 0.2) is 5.76 Å². The number of nitrogens with one attached hydrogen (secondary N) is 1. The van der Waals surface area contributed by atoms with Gasteiger partial charge in [0.1, 0.15) is 11.6 Å². The van der Waals surface area contributed by atoms with Crippen molar-refractivity contribution in [3.8, 4) is 11.3 Å². The van der Waals surface area contributed by atoms with E-state index in [4.69, 9.17) is 4.42 Å². The van der Waals surface area contributed by atoms with E-state index in [2.05, 4.69) is 5.32 Å². The first-order valence-corrected chi connectivity index (χ1v) is 7.29. The minimum absolute atomic E-state index is 0.0570. The van der Waals surface area contributed by atoms with Crippen LogP contribution in [0.1, 0.15) is 16.1 Å². The molecule has 1 amide bonds. The third-order valence-electron chi connectivity index (χ3n) is 3.65. The Morgan fingerprint density at radius 3 is 2.71 bits per heavy atom. The molecule has 0 saturated heterocycles. The number of hydrogen-bond donors (Lipinski definition) is 1. The zero-order valence-corrected chi connectivity index (χ0v) is 13.2. The molecule has 3 aromatic rings. The highest BCUT2D eigenvalue weighted by atomic mass is 19.1. The van der Waals surface area contributed by atoms with Gasteiger partial charge in [0.25, 0.3) is 11.5 Å². The molecule has 0 unspecified atom stereocenters. The highest BCUT2D eigenvalue weighted by Gasteiger charge is 2.15. The topological polar surface area (TPSA) is 64.2 Å². The van der Waals surface area contributed by atoms with Crippen LogP contribution in [0.2, 0.25) is 0 Å². The van der Waals surface area contributed by atoms with E-state index in [0.29, 0.717) is 11.3 Å². The minimum atomic E-state index is -0.473. The average molecular weight is 326 g/mol. The Bertz CT molecular complexity index is 972. The smallest absolute Gasteiger partial charge is 0.291 e. The molecule has 1 N–H and O–H groups in total. The number of aryl methyl sites for hydroxylation is 2. The lowest BCUT2D eigenvalue weighted by Gasteiger charge is -2.08. The highest BCUT2D eigenvalue weighted by Crippen LogP contribution is 2.25. The quantitative estimate of drug-likeness (QED) is 0.803. The number of halogens is 1. The second kappa shape index (κ2) is 6.16. The molecule has 0 atom stereocenters. The molecule has 122 valence electrons. The third kappa shape index (κ3) is 2.99. The van der Waals surface area contributed by atoms with E-state index in [9.17, 15) is 14.0 Å². The Morgan fingerprint density at radius 2 is 1.96 bits per heavy atom. The number of hydrogen-bond acceptors (Lipinski definition) is 3. The van der Waals surface area contributed by atoms with Crippen LogP contribution in [0, 0.1) is 12.7 Å². The van der Waals surface area contributed by atoms with E-state index >= 15 is 0 Å². The molecule has 0 aliphatic heterocycles. The molecule has 24 heavy (non-hydrogen) atoms. The fraction of sp³-hybridized carbons (Fsp3) is 0.111. The van der Waals surface area contributed by atoms with Crippen molar-refractivity contribution in [2.45, 2.75) is 6.92 Å². The second-order valence-corrected chi connectivity index (χ2v) is 5.42. The minimum Gasteiger partial charge on any atom is -0.451 e. The molecule has 1 aromatic carbocycles. The summed E-state index contributed by atoms with van der Waals surface area (Å²) in [4.78, 5) is 23.8. The molecule has 0 saturated carbocycles. The van der Waals surface area contributed by atoms with Gasteiger partial charge in [-0.3, -0.25) is 9.59 Å². The number of carbonyl (C=O) groups excluding carboxylic acids is 1. The van der Waals surface area contributed by atoms with E-state index in [0.717, 1.165) is 0 Å². The molecule has 0 bridgehead atoms. The summed E-state index contributed by atoms with van der Waals surface area (Å²) < 4.78 is 20.6. The molecule has 0 fully saturated rings. The van der Waals surface area contributed by atoms with E-state index in [1.54, 1.807) is 38.2 Å². The summed E-state index contributed by atoms with van der Waals surface area (Å²) in [5, 5.41) is 2.69. The lowest BCUT2D eigenvalue weighted by molar-refractivity contribution is 0.0997. The van der Waals surface area contributed by atoms with Crippen molar-refractivity contribution in [2.75, 3.05) is 5.32 Å². The molecular weight excluding hydrogens is 311 g/mol. The van der Waals surface area contributed by atoms with E-state index < -0.39 is 11.7 Å². The molecular formula is C18H15FN2O3. The van der Waals surface area contributed by atoms with Gasteiger partial charge >= 0.3 is 0 Å². The SMILES string of the molecule is Cc1cc(=O)n(C)cc1NC(=O)c1ccc(-c2ccccc2F)o1. The highest BCUT2D eigenvalue weighted by molar-refractivity contribution is 6.02. The molecule has 6 heteroatoms. The van der Waals surface area contributed by atoms with Crippen molar-refractivity contribution in [1.82, 2.24) is 4.57 Å². The summed E-state index contributed by atoms with van der Waals surface area (Å²) in [6, 6.07) is 10.6. The number of pyridine rings is 1. The number of anilines is 1. The van der Waals surface area contributed by atoms with Gasteiger partial charge in [-0.1, -0.05) is 12.1 Å². The first-order valence-electron chi connectivity index (χ1n) is 7.29. The number of amides is 1. The maximum absolute atomic E-state index is 13.8. The van der Waals surface area contributed by atoms with Crippen LogP contribution in [0.15, 0.2) is 57.9 Å². The third-order valence-corrected chi connectivity index (χ3v) is 3.65. The molecule has 0 spiro atoms. The van der Waals surface area contributed by atoms with Crippen LogP contribution in [0.5, 0.6) is 0 Å². The maximum Gasteiger partial charge on any atom is 0.291 e. The Kier molecular flexibility index (Phi) is 4.04. The van der Waals surface area contributed by atoms with Crippen molar-refractivity contribution < 1.29 is 13.6 Å². The van der Waals surface area contributed by atoms with Crippen molar-refractivity contribution in [3.05, 3.63) is 76.2 Å². The standard InChI is InChI=1S/C18H15FN2O3/c1-11-9-17(22)21(2)10-14(11)20-18(23)16-8-7-15(24-16)12-5-3-4-6-13(12)19/h3-10H,1-2H3,(H,20,23). The van der Waals surface area contributed by atoms with Crippen LogP contribution in [0.25, 0.3) is 11.3 Å². The monoisotopic (exact) mass is 326 g/mol. The van der Waals surface area contributed by atoms with Crippen LogP contribution in [-0.2, 0) is 7.05 Å². The van der Waals surface area contributed by atoms with Gasteiger partial charge in [-0.15, -0.1) is 0 Å². The van der Waals surface area contributed by atoms with Gasteiger partial charge in [-0.05, 0) is 36.8 Å². The summed E-state index contributed by atoms with van der Waals surface area (Å²) >= 11 is 0. The number of furan rings is 1. The Hall–Kier alpha value is -3.15. The Labute approximate surface area is 137 Å². The van der Waals surface area contributed by atoms with Crippen LogP contribution < -0.4 is 10.9 Å². The van der Waals surface area contributed by atoms with Crippen LogP contribution in [0.3, 0.4) is 0 Å². The van der Waals surface area contributed by atoms with E-state index in [1.165, 1.54) is 29.0 Å². The van der Waals surface area contributed by atoms with Crippen molar-refractivity contribution in [3.63, 3.8) is 0 Å². The van der Waals surface area contributed by atoms with Gasteiger partial charge in [0.05, 0.1) is 11.3 Å². The van der Waals surface area contributed by atoms with Gasteiger partial charge in [-0.25, -0.2) is 4.39 Å². The maximum atomic E-state index is 13.8. The summed E-state index contributed by atoms with van der Waals surface area (Å²) in [7, 11) is 1.60. The molecule has 3 rings (SSSR count). The number of rotatable bonds is 3. The summed E-state index contributed by atoms with van der Waals surface area (Å²) in [6.07, 6.45) is 1.54. The first kappa shape index (κ1) is 15.7. The van der Waals surface area contributed by atoms with Crippen molar-refractivity contribution in [2.24, 2.45) is 7.05 Å². The number of aromatic nitrogens is 1. The molecule has 2 aromatic heterocycles. The van der Waals surface area contributed by atoms with E-state index in [-0.39, 0.29) is 22.6 Å². The molecule has 0 aliphatic carbocycles. The fourth-order valence-electron chi connectivity index (χ4n) is 2.30. The zero-order valence-electron chi connectivity index (χ0n) is 13.2. The van der Waals surface area contributed by atoms with Crippen LogP contribution in [0.4, 0.5) is 10.1 Å². The number of carbonyl (C=O) groups is 1. The number of benzene rings is 1. The summed E-state index contributed by atoms with van der Waals surface area (Å²) in [6.45, 7) is 1.73. The molecule has 5 nitrogen and oxygen atoms in total. The molecule has 2 heterocycles. The number of nitrogens with zero attached hydrogens (tertiary/aromatic N) is 1. The van der Waals surface area contributed by atoms with Gasteiger partial charge < -0.3 is 14.3 Å². The largest absolute Gasteiger partial charge is 0.451 e. The predicted molar refractivity (Wildman–Crippen MR) is 88.5 cm³/mol. The Balaban J connectivity index is 1.86. The lowest BCUT2D eigenvalue weighted by Crippen LogP contribution is -2.19. The molecule has 0 aliphatic rings. The second-order valence-electron chi connectivity index (χ2n) is 5.42. The van der Waals surface area contributed by atoms with Gasteiger partial charge in [0.2, 0.25) is 0 Å². The summed E-state index contributed by atoms with van der Waals surface area (Å²) in [5.41, 5.74) is 1.28. The fourth-order valence-corrected chi connectivity index (χ4v) is 2.30. The van der Waals surface area contributed by atoms with Gasteiger partial charge in [-0.2, -0.15) is 0 Å². The predicted octanol–water partition coefficient (Wildman–Crippen LogP) is 3.35. The van der Waals surface area contributed by atoms with Crippen molar-refractivity contribution in [1.29, 1.82) is 0 Å². The molecule has 0 radical (unpaired) electrons. The first-order chi connectivity index (χ1) is 11.5. The average Bonchev–Trinajstić information content (AvgIpc) is 3.03. The zero-order chi connectivity index (χ0) is 17.3. The van der Waals surface area contributed by atoms with Crippen LogP contribution >= 0.6 is 0 Å². The van der Waals surface area contributed by atoms with E-state index in [1.807, 2.05) is 0 Å². The lowest BCUT2D eigenvalue weighted by atomic mass is 10.1. The van der Waals surface area contributed by atoms with Crippen LogP contribution in [-0.4, -0.2) is 10.5 Å². The Morgan fingerprint density at radius 1 is 1.21 bits per heavy atom.